The SMILES string of the molecule is O=C1OC(Nc2ccccc2)c2cc(Cl)ccc21. The first-order valence-electron chi connectivity index (χ1n) is 5.56. The van der Waals surface area contributed by atoms with E-state index < -0.39 is 6.23 Å². The highest BCUT2D eigenvalue weighted by molar-refractivity contribution is 6.30. The number of carbonyl (C=O) groups excluding carboxylic acids is 1. The van der Waals surface area contributed by atoms with Crippen molar-refractivity contribution in [3.05, 3.63) is 64.7 Å². The maximum Gasteiger partial charge on any atom is 0.340 e. The van der Waals surface area contributed by atoms with Gasteiger partial charge < -0.3 is 10.1 Å². The van der Waals surface area contributed by atoms with Crippen molar-refractivity contribution in [2.45, 2.75) is 6.23 Å². The number of hydrogen-bond donors (Lipinski definition) is 1. The van der Waals surface area contributed by atoms with Crippen LogP contribution in [0, 0.1) is 0 Å². The third-order valence-electron chi connectivity index (χ3n) is 2.81. The van der Waals surface area contributed by atoms with Crippen LogP contribution in [0.2, 0.25) is 5.02 Å². The molecule has 3 rings (SSSR count). The topological polar surface area (TPSA) is 38.3 Å². The van der Waals surface area contributed by atoms with E-state index >= 15 is 0 Å². The molecule has 1 unspecified atom stereocenters. The minimum atomic E-state index is -0.478. The van der Waals surface area contributed by atoms with Crippen molar-refractivity contribution >= 4 is 23.3 Å². The van der Waals surface area contributed by atoms with Gasteiger partial charge in [-0.3, -0.25) is 0 Å². The molecule has 2 aromatic carbocycles. The molecule has 2 aromatic rings. The molecule has 1 heterocycles. The maximum atomic E-state index is 11.7. The van der Waals surface area contributed by atoms with E-state index in [9.17, 15) is 4.79 Å². The Balaban J connectivity index is 1.93. The molecule has 0 aliphatic carbocycles. The van der Waals surface area contributed by atoms with Gasteiger partial charge in [-0.05, 0) is 30.3 Å². The summed E-state index contributed by atoms with van der Waals surface area (Å²) in [5, 5.41) is 3.74. The fourth-order valence-electron chi connectivity index (χ4n) is 1.96. The van der Waals surface area contributed by atoms with E-state index in [-0.39, 0.29) is 5.97 Å². The average Bonchev–Trinajstić information content (AvgIpc) is 2.67. The summed E-state index contributed by atoms with van der Waals surface area (Å²) in [5.41, 5.74) is 2.23. The molecule has 90 valence electrons. The lowest BCUT2D eigenvalue weighted by Crippen LogP contribution is -2.10. The van der Waals surface area contributed by atoms with E-state index in [1.807, 2.05) is 30.3 Å². The molecule has 1 aliphatic rings. The highest BCUT2D eigenvalue weighted by Crippen LogP contribution is 2.33. The van der Waals surface area contributed by atoms with E-state index in [4.69, 9.17) is 16.3 Å². The number of benzene rings is 2. The van der Waals surface area contributed by atoms with E-state index in [0.29, 0.717) is 10.6 Å². The van der Waals surface area contributed by atoms with Crippen LogP contribution in [0.5, 0.6) is 0 Å². The summed E-state index contributed by atoms with van der Waals surface area (Å²) in [5.74, 6) is -0.324. The number of para-hydroxylation sites is 1. The number of hydrogen-bond acceptors (Lipinski definition) is 3. The fraction of sp³-hybridized carbons (Fsp3) is 0.0714. The van der Waals surface area contributed by atoms with Crippen LogP contribution in [0.1, 0.15) is 22.1 Å². The molecule has 0 amide bonds. The van der Waals surface area contributed by atoms with Crippen molar-refractivity contribution in [3.63, 3.8) is 0 Å². The van der Waals surface area contributed by atoms with Gasteiger partial charge in [-0.2, -0.15) is 0 Å². The number of esters is 1. The minimum absolute atomic E-state index is 0.324. The lowest BCUT2D eigenvalue weighted by atomic mass is 10.1. The van der Waals surface area contributed by atoms with Crippen LogP contribution in [0.15, 0.2) is 48.5 Å². The zero-order chi connectivity index (χ0) is 12.5. The molecule has 0 radical (unpaired) electrons. The third-order valence-corrected chi connectivity index (χ3v) is 3.05. The number of halogens is 1. The zero-order valence-corrected chi connectivity index (χ0v) is 10.1. The summed E-state index contributed by atoms with van der Waals surface area (Å²) in [6.45, 7) is 0. The van der Waals surface area contributed by atoms with Gasteiger partial charge in [0.15, 0.2) is 0 Å². The molecular weight excluding hydrogens is 250 g/mol. The number of carbonyl (C=O) groups is 1. The predicted octanol–water partition coefficient (Wildman–Crippen LogP) is 3.62. The van der Waals surface area contributed by atoms with Crippen LogP contribution in [-0.4, -0.2) is 5.97 Å². The molecule has 1 atom stereocenters. The van der Waals surface area contributed by atoms with Gasteiger partial charge in [0, 0.05) is 16.3 Å². The number of cyclic esters (lactones) is 1. The van der Waals surface area contributed by atoms with Crippen molar-refractivity contribution in [3.8, 4) is 0 Å². The molecule has 4 heteroatoms. The number of rotatable bonds is 2. The number of fused-ring (bicyclic) bond motifs is 1. The fourth-order valence-corrected chi connectivity index (χ4v) is 2.14. The summed E-state index contributed by atoms with van der Waals surface area (Å²) < 4.78 is 5.28. The maximum absolute atomic E-state index is 11.7. The van der Waals surface area contributed by atoms with Crippen molar-refractivity contribution in [2.24, 2.45) is 0 Å². The Morgan fingerprint density at radius 3 is 2.67 bits per heavy atom. The summed E-state index contributed by atoms with van der Waals surface area (Å²) in [7, 11) is 0. The molecule has 3 nitrogen and oxygen atoms in total. The molecule has 0 fully saturated rings. The van der Waals surface area contributed by atoms with Crippen LogP contribution < -0.4 is 5.32 Å². The lowest BCUT2D eigenvalue weighted by molar-refractivity contribution is 0.0437. The second-order valence-corrected chi connectivity index (χ2v) is 4.46. The molecule has 0 spiro atoms. The van der Waals surface area contributed by atoms with Crippen LogP contribution in [0.3, 0.4) is 0 Å². The highest BCUT2D eigenvalue weighted by Gasteiger charge is 2.30. The molecule has 0 aromatic heterocycles. The molecule has 0 saturated carbocycles. The number of anilines is 1. The van der Waals surface area contributed by atoms with E-state index in [2.05, 4.69) is 5.32 Å². The summed E-state index contributed by atoms with van der Waals surface area (Å²) in [6, 6.07) is 14.7. The number of nitrogens with one attached hydrogen (secondary N) is 1. The van der Waals surface area contributed by atoms with Crippen LogP contribution >= 0.6 is 11.6 Å². The first kappa shape index (κ1) is 11.1. The molecular formula is C14H10ClNO2. The standard InChI is InChI=1S/C14H10ClNO2/c15-9-6-7-11-12(8-9)13(18-14(11)17)16-10-4-2-1-3-5-10/h1-8,13,16H. The van der Waals surface area contributed by atoms with Gasteiger partial charge in [-0.25, -0.2) is 4.79 Å². The summed E-state index contributed by atoms with van der Waals surface area (Å²) in [6.07, 6.45) is -0.478. The quantitative estimate of drug-likeness (QED) is 0.837. The Kier molecular flexibility index (Phi) is 2.68. The van der Waals surface area contributed by atoms with Crippen molar-refractivity contribution in [1.82, 2.24) is 0 Å². The smallest absolute Gasteiger partial charge is 0.340 e. The van der Waals surface area contributed by atoms with Gasteiger partial charge in [0.25, 0.3) is 0 Å². The van der Waals surface area contributed by atoms with Crippen molar-refractivity contribution in [1.29, 1.82) is 0 Å². The van der Waals surface area contributed by atoms with Gasteiger partial charge in [-0.1, -0.05) is 29.8 Å². The molecule has 1 aliphatic heterocycles. The second kappa shape index (κ2) is 4.35. The van der Waals surface area contributed by atoms with E-state index in [1.54, 1.807) is 18.2 Å². The molecule has 0 saturated heterocycles. The van der Waals surface area contributed by atoms with Crippen molar-refractivity contribution in [2.75, 3.05) is 5.32 Å². The number of ether oxygens (including phenoxy) is 1. The Morgan fingerprint density at radius 2 is 1.89 bits per heavy atom. The van der Waals surface area contributed by atoms with E-state index in [1.165, 1.54) is 0 Å². The highest BCUT2D eigenvalue weighted by atomic mass is 35.5. The van der Waals surface area contributed by atoms with Crippen LogP contribution in [-0.2, 0) is 4.74 Å². The Bertz CT molecular complexity index is 598. The first-order chi connectivity index (χ1) is 8.74. The van der Waals surface area contributed by atoms with Gasteiger partial charge in [0.2, 0.25) is 6.23 Å². The molecule has 18 heavy (non-hydrogen) atoms. The first-order valence-corrected chi connectivity index (χ1v) is 5.94. The summed E-state index contributed by atoms with van der Waals surface area (Å²) >= 11 is 5.94. The third kappa shape index (κ3) is 1.93. The van der Waals surface area contributed by atoms with Gasteiger partial charge in [0.05, 0.1) is 5.56 Å². The minimum Gasteiger partial charge on any atom is -0.434 e. The Labute approximate surface area is 109 Å². The summed E-state index contributed by atoms with van der Waals surface area (Å²) in [4.78, 5) is 11.7. The van der Waals surface area contributed by atoms with Crippen LogP contribution in [0.4, 0.5) is 5.69 Å². The van der Waals surface area contributed by atoms with Gasteiger partial charge in [0.1, 0.15) is 0 Å². The second-order valence-electron chi connectivity index (χ2n) is 4.03. The normalized spacial score (nSPS) is 17.2. The average molecular weight is 260 g/mol. The van der Waals surface area contributed by atoms with Gasteiger partial charge >= 0.3 is 5.97 Å². The lowest BCUT2D eigenvalue weighted by Gasteiger charge is -2.14. The Hall–Kier alpha value is -2.00. The Morgan fingerprint density at radius 1 is 1.11 bits per heavy atom. The van der Waals surface area contributed by atoms with Crippen molar-refractivity contribution < 1.29 is 9.53 Å². The molecule has 0 bridgehead atoms. The molecule has 1 N–H and O–H groups in total. The van der Waals surface area contributed by atoms with Crippen LogP contribution in [0.25, 0.3) is 0 Å². The predicted molar refractivity (Wildman–Crippen MR) is 69.7 cm³/mol. The van der Waals surface area contributed by atoms with E-state index in [0.717, 1.165) is 11.3 Å². The zero-order valence-electron chi connectivity index (χ0n) is 9.39. The van der Waals surface area contributed by atoms with Gasteiger partial charge in [-0.15, -0.1) is 0 Å². The largest absolute Gasteiger partial charge is 0.434 e. The monoisotopic (exact) mass is 259 g/mol.